The van der Waals surface area contributed by atoms with Gasteiger partial charge in [0.05, 0.1) is 15.7 Å². The van der Waals surface area contributed by atoms with Gasteiger partial charge in [-0.1, -0.05) is 106 Å². The lowest BCUT2D eigenvalue weighted by Crippen LogP contribution is -2.50. The smallest absolute Gasteiger partial charge is 0.324 e. The number of ether oxygens (including phenoxy) is 3. The lowest BCUT2D eigenvalue weighted by molar-refractivity contribution is -0.164. The number of anilines is 1. The first-order valence-corrected chi connectivity index (χ1v) is 20.0. The molecule has 0 saturated heterocycles. The van der Waals surface area contributed by atoms with E-state index in [2.05, 4.69) is 62.9 Å². The third-order valence-electron chi connectivity index (χ3n) is 11.7. The van der Waals surface area contributed by atoms with Crippen LogP contribution in [0.25, 0.3) is 0 Å². The Kier molecular flexibility index (Phi) is 11.6. The number of rotatable bonds is 10. The van der Waals surface area contributed by atoms with Crippen LogP contribution in [0.15, 0.2) is 84.9 Å². The third kappa shape index (κ3) is 8.00. The highest BCUT2D eigenvalue weighted by molar-refractivity contribution is 6.42. The quantitative estimate of drug-likeness (QED) is 0.150. The summed E-state index contributed by atoms with van der Waals surface area (Å²) < 4.78 is 19.0. The van der Waals surface area contributed by atoms with Crippen LogP contribution in [0, 0.1) is 17.8 Å². The maximum Gasteiger partial charge on any atom is 0.324 e. The van der Waals surface area contributed by atoms with E-state index >= 15 is 0 Å². The highest BCUT2D eigenvalue weighted by Crippen LogP contribution is 2.44. The topological polar surface area (TPSA) is 68.3 Å². The Morgan fingerprint density at radius 1 is 0.944 bits per heavy atom. The monoisotopic (exact) mass is 768 g/mol. The molecule has 7 rings (SSSR count). The van der Waals surface area contributed by atoms with Crippen molar-refractivity contribution in [2.75, 3.05) is 11.9 Å². The van der Waals surface area contributed by atoms with E-state index in [1.807, 2.05) is 42.5 Å². The highest BCUT2D eigenvalue weighted by Gasteiger charge is 2.42. The summed E-state index contributed by atoms with van der Waals surface area (Å²) in [5, 5.41) is 0.976. The molecule has 1 fully saturated rings. The zero-order valence-corrected chi connectivity index (χ0v) is 33.3. The number of halogens is 2. The Bertz CT molecular complexity index is 1970. The van der Waals surface area contributed by atoms with E-state index in [1.54, 1.807) is 24.1 Å². The van der Waals surface area contributed by atoms with Crippen molar-refractivity contribution >= 4 is 40.8 Å². The Hall–Kier alpha value is -4.04. The molecule has 3 aliphatic rings. The van der Waals surface area contributed by atoms with E-state index in [-0.39, 0.29) is 24.0 Å². The van der Waals surface area contributed by atoms with E-state index in [4.69, 9.17) is 37.4 Å². The van der Waals surface area contributed by atoms with Crippen LogP contribution in [0.1, 0.15) is 93.3 Å². The molecule has 6 atom stereocenters. The molecule has 7 nitrogen and oxygen atoms in total. The van der Waals surface area contributed by atoms with Gasteiger partial charge < -0.3 is 19.1 Å². The van der Waals surface area contributed by atoms with Gasteiger partial charge in [-0.25, -0.2) is 0 Å². The Morgan fingerprint density at radius 2 is 1.70 bits per heavy atom. The molecule has 4 aromatic rings. The number of benzene rings is 4. The number of carbonyl (C=O) groups is 2. The number of hydrogen-bond acceptors (Lipinski definition) is 6. The summed E-state index contributed by atoms with van der Waals surface area (Å²) in [6.07, 6.45) is 3.60. The summed E-state index contributed by atoms with van der Waals surface area (Å²) in [4.78, 5) is 32.2. The van der Waals surface area contributed by atoms with Crippen molar-refractivity contribution in [1.29, 1.82) is 0 Å². The summed E-state index contributed by atoms with van der Waals surface area (Å²) in [5.41, 5.74) is 5.64. The Morgan fingerprint density at radius 3 is 2.41 bits per heavy atom. The molecule has 0 radical (unpaired) electrons. The van der Waals surface area contributed by atoms with Gasteiger partial charge in [-0.05, 0) is 102 Å². The fourth-order valence-corrected chi connectivity index (χ4v) is 8.88. The first-order valence-electron chi connectivity index (χ1n) is 19.3. The van der Waals surface area contributed by atoms with Crippen molar-refractivity contribution in [3.8, 4) is 11.5 Å². The molecule has 284 valence electrons. The molecule has 4 aromatic carbocycles. The predicted octanol–water partition coefficient (Wildman–Crippen LogP) is 10.6. The summed E-state index contributed by atoms with van der Waals surface area (Å²) in [7, 11) is 1.79. The number of amides is 1. The van der Waals surface area contributed by atoms with Crippen LogP contribution >= 0.6 is 23.2 Å². The predicted molar refractivity (Wildman–Crippen MR) is 214 cm³/mol. The maximum absolute atomic E-state index is 14.4. The van der Waals surface area contributed by atoms with Crippen LogP contribution in [-0.2, 0) is 33.9 Å². The SMILES string of the molecule is CC[C@H](c1ccccc1)N1Cc2cc3c(cc2CC1C(=O)O[C@@H]1C[C@H](C)CC[C@H]1C(C)C)N(C)C(=O)C(c1ccc(OCc2ccc(Cl)c(Cl)c2)cc1)O3. The third-order valence-corrected chi connectivity index (χ3v) is 12.4. The molecule has 2 aliphatic heterocycles. The number of fused-ring (bicyclic) bond motifs is 2. The van der Waals surface area contributed by atoms with E-state index in [9.17, 15) is 9.59 Å². The van der Waals surface area contributed by atoms with Gasteiger partial charge in [-0.3, -0.25) is 14.5 Å². The minimum Gasteiger partial charge on any atom is -0.489 e. The molecule has 54 heavy (non-hydrogen) atoms. The van der Waals surface area contributed by atoms with Gasteiger partial charge in [0.1, 0.15) is 30.3 Å². The highest BCUT2D eigenvalue weighted by atomic mass is 35.5. The molecule has 1 aliphatic carbocycles. The van der Waals surface area contributed by atoms with Crippen molar-refractivity contribution in [3.63, 3.8) is 0 Å². The van der Waals surface area contributed by atoms with Crippen molar-refractivity contribution in [1.82, 2.24) is 4.90 Å². The van der Waals surface area contributed by atoms with Crippen molar-refractivity contribution in [3.05, 3.63) is 123 Å². The van der Waals surface area contributed by atoms with Crippen molar-refractivity contribution < 1.29 is 23.8 Å². The first-order chi connectivity index (χ1) is 26.0. The van der Waals surface area contributed by atoms with Crippen LogP contribution in [0.4, 0.5) is 5.69 Å². The van der Waals surface area contributed by atoms with Gasteiger partial charge in [0.25, 0.3) is 5.91 Å². The molecule has 2 heterocycles. The standard InChI is InChI=1S/C45H50Cl2N2O5/c1-6-38(30-10-8-7-9-11-30)49-25-33-24-42-39(22-32(33)23-40(49)45(51)54-41-20-28(4)12-18-35(41)27(2)3)48(5)44(50)43(53-42)31-14-16-34(17-15-31)52-26-29-13-19-36(46)37(47)21-29/h7-11,13-17,19,21-22,24,27-28,35,38,40-41,43H,6,12,18,20,23,25-26H2,1-5H3/t28-,35+,38-,40?,41-,43?/m1/s1. The summed E-state index contributed by atoms with van der Waals surface area (Å²) in [6.45, 7) is 9.81. The molecule has 0 spiro atoms. The van der Waals surface area contributed by atoms with E-state index in [1.165, 1.54) is 12.0 Å². The average Bonchev–Trinajstić information content (AvgIpc) is 3.16. The molecular weight excluding hydrogens is 719 g/mol. The van der Waals surface area contributed by atoms with Gasteiger partial charge in [0.2, 0.25) is 6.10 Å². The van der Waals surface area contributed by atoms with Crippen LogP contribution < -0.4 is 14.4 Å². The molecule has 2 unspecified atom stereocenters. The molecule has 0 N–H and O–H groups in total. The van der Waals surface area contributed by atoms with Crippen molar-refractivity contribution in [2.45, 2.75) is 97.2 Å². The second-order valence-electron chi connectivity index (χ2n) is 15.6. The van der Waals surface area contributed by atoms with E-state index < -0.39 is 12.1 Å². The molecular formula is C45H50Cl2N2O5. The van der Waals surface area contributed by atoms with Crippen LogP contribution in [0.3, 0.4) is 0 Å². The van der Waals surface area contributed by atoms with Gasteiger partial charge in [0, 0.05) is 25.2 Å². The fraction of sp³-hybridized carbons (Fsp3) is 0.422. The van der Waals surface area contributed by atoms with Crippen LogP contribution in [0.5, 0.6) is 11.5 Å². The van der Waals surface area contributed by atoms with Crippen LogP contribution in [-0.4, -0.2) is 36.0 Å². The number of nitrogens with zero attached hydrogens (tertiary/aromatic N) is 2. The Labute approximate surface area is 329 Å². The second-order valence-corrected chi connectivity index (χ2v) is 16.4. The maximum atomic E-state index is 14.4. The van der Waals surface area contributed by atoms with E-state index in [0.717, 1.165) is 41.5 Å². The lowest BCUT2D eigenvalue weighted by atomic mass is 9.75. The molecule has 9 heteroatoms. The van der Waals surface area contributed by atoms with Gasteiger partial charge in [-0.15, -0.1) is 0 Å². The van der Waals surface area contributed by atoms with Gasteiger partial charge >= 0.3 is 5.97 Å². The molecule has 0 aromatic heterocycles. The number of esters is 1. The first kappa shape index (κ1) is 38.2. The zero-order chi connectivity index (χ0) is 38.1. The number of likely N-dealkylation sites (N-methyl/N-ethyl adjacent to an activating group) is 1. The molecule has 1 amide bonds. The summed E-state index contributed by atoms with van der Waals surface area (Å²) >= 11 is 12.2. The van der Waals surface area contributed by atoms with Gasteiger partial charge in [-0.2, -0.15) is 0 Å². The second kappa shape index (κ2) is 16.4. The fourth-order valence-electron chi connectivity index (χ4n) is 8.56. The van der Waals surface area contributed by atoms with Crippen LogP contribution in [0.2, 0.25) is 10.0 Å². The minimum absolute atomic E-state index is 0.0226. The van der Waals surface area contributed by atoms with Crippen molar-refractivity contribution in [2.24, 2.45) is 17.8 Å². The summed E-state index contributed by atoms with van der Waals surface area (Å²) in [6, 6.07) is 26.9. The van der Waals surface area contributed by atoms with E-state index in [0.29, 0.717) is 64.6 Å². The normalized spacial score (nSPS) is 23.3. The summed E-state index contributed by atoms with van der Waals surface area (Å²) in [5.74, 6) is 2.32. The number of hydrogen-bond donors (Lipinski definition) is 0. The molecule has 0 bridgehead atoms. The Balaban J connectivity index is 1.14. The van der Waals surface area contributed by atoms with Gasteiger partial charge in [0.15, 0.2) is 0 Å². The number of carbonyl (C=O) groups excluding carboxylic acids is 2. The average molecular weight is 770 g/mol. The largest absolute Gasteiger partial charge is 0.489 e. The molecule has 1 saturated carbocycles. The lowest BCUT2D eigenvalue weighted by Gasteiger charge is -2.43. The minimum atomic E-state index is -0.813. The zero-order valence-electron chi connectivity index (χ0n) is 31.8.